The van der Waals surface area contributed by atoms with Crippen LogP contribution >= 0.6 is 23.2 Å². The van der Waals surface area contributed by atoms with Crippen LogP contribution in [0, 0.1) is 11.3 Å². The Kier molecular flexibility index (Phi) is 7.03. The monoisotopic (exact) mass is 452 g/mol. The van der Waals surface area contributed by atoms with E-state index in [0.29, 0.717) is 28.0 Å². The molecule has 0 N–H and O–H groups in total. The maximum Gasteiger partial charge on any atom is 0.251 e. The van der Waals surface area contributed by atoms with Crippen LogP contribution in [0.15, 0.2) is 48.5 Å². The summed E-state index contributed by atoms with van der Waals surface area (Å²) in [5, 5.41) is 11.0. The molecule has 0 unspecified atom stereocenters. The van der Waals surface area contributed by atoms with Crippen molar-refractivity contribution in [2.24, 2.45) is 0 Å². The molecule has 0 spiro atoms. The van der Waals surface area contributed by atoms with Gasteiger partial charge in [0.05, 0.1) is 5.69 Å². The first-order valence-electron chi connectivity index (χ1n) is 10.3. The van der Waals surface area contributed by atoms with Crippen LogP contribution < -0.4 is 4.74 Å². The summed E-state index contributed by atoms with van der Waals surface area (Å²) in [6.07, 6.45) is 3.73. The molecule has 0 bridgehead atoms. The van der Waals surface area contributed by atoms with E-state index in [2.05, 4.69) is 16.0 Å². The molecule has 0 amide bonds. The summed E-state index contributed by atoms with van der Waals surface area (Å²) in [5.41, 5.74) is 3.05. The average molecular weight is 453 g/mol. The highest BCUT2D eigenvalue weighted by atomic mass is 35.5. The van der Waals surface area contributed by atoms with E-state index in [1.165, 1.54) is 19.3 Å². The normalized spacial score (nSPS) is 14.2. The van der Waals surface area contributed by atoms with Gasteiger partial charge < -0.3 is 4.74 Å². The van der Waals surface area contributed by atoms with Gasteiger partial charge in [0.2, 0.25) is 5.69 Å². The van der Waals surface area contributed by atoms with Gasteiger partial charge in [-0.15, -0.1) is 0 Å². The number of ether oxygens (including phenoxy) is 1. The lowest BCUT2D eigenvalue weighted by molar-refractivity contribution is 0.180. The van der Waals surface area contributed by atoms with Gasteiger partial charge in [-0.3, -0.25) is 4.90 Å². The van der Waals surface area contributed by atoms with Gasteiger partial charge in [0.25, 0.3) is 5.88 Å². The predicted molar refractivity (Wildman–Crippen MR) is 123 cm³/mol. The summed E-state index contributed by atoms with van der Waals surface area (Å²) < 4.78 is 5.94. The Morgan fingerprint density at radius 2 is 1.39 bits per heavy atom. The molecule has 0 aliphatic carbocycles. The van der Waals surface area contributed by atoms with Crippen LogP contribution in [0.3, 0.4) is 0 Å². The Hall–Kier alpha value is -2.65. The first-order valence-corrected chi connectivity index (χ1v) is 11.1. The zero-order valence-electron chi connectivity index (χ0n) is 17.0. The number of aromatic nitrogens is 2. The van der Waals surface area contributed by atoms with Gasteiger partial charge in [0.1, 0.15) is 18.4 Å². The predicted octanol–water partition coefficient (Wildman–Crippen LogP) is 5.85. The Balaban J connectivity index is 1.68. The molecule has 1 aromatic heterocycles. The van der Waals surface area contributed by atoms with E-state index in [9.17, 15) is 5.26 Å². The molecule has 0 atom stereocenters. The zero-order valence-corrected chi connectivity index (χ0v) is 18.5. The number of hydrogen-bond donors (Lipinski definition) is 0. The Morgan fingerprint density at radius 3 is 1.94 bits per heavy atom. The highest BCUT2D eigenvalue weighted by Crippen LogP contribution is 2.33. The van der Waals surface area contributed by atoms with E-state index in [1.54, 1.807) is 24.3 Å². The molecule has 0 radical (unpaired) electrons. The maximum absolute atomic E-state index is 9.70. The van der Waals surface area contributed by atoms with Crippen LogP contribution in [0.25, 0.3) is 22.5 Å². The van der Waals surface area contributed by atoms with Crippen molar-refractivity contribution in [3.63, 3.8) is 0 Å². The van der Waals surface area contributed by atoms with Crippen molar-refractivity contribution in [2.45, 2.75) is 19.3 Å². The second-order valence-corrected chi connectivity index (χ2v) is 8.32. The van der Waals surface area contributed by atoms with Crippen LogP contribution in [0.5, 0.6) is 5.88 Å². The Labute approximate surface area is 192 Å². The van der Waals surface area contributed by atoms with Crippen LogP contribution in [0.4, 0.5) is 0 Å². The minimum Gasteiger partial charge on any atom is -0.474 e. The lowest BCUT2D eigenvalue weighted by Crippen LogP contribution is -2.33. The van der Waals surface area contributed by atoms with Gasteiger partial charge in [0.15, 0.2) is 0 Å². The fourth-order valence-corrected chi connectivity index (χ4v) is 3.92. The molecule has 2 aromatic carbocycles. The van der Waals surface area contributed by atoms with E-state index < -0.39 is 0 Å². The van der Waals surface area contributed by atoms with Crippen molar-refractivity contribution < 1.29 is 4.74 Å². The lowest BCUT2D eigenvalue weighted by Gasteiger charge is -2.26. The van der Waals surface area contributed by atoms with Crippen LogP contribution in [0.2, 0.25) is 10.0 Å². The third-order valence-electron chi connectivity index (χ3n) is 5.30. The number of likely N-dealkylation sites (tertiary alicyclic amines) is 1. The van der Waals surface area contributed by atoms with Crippen molar-refractivity contribution in [2.75, 3.05) is 26.2 Å². The third kappa shape index (κ3) is 5.34. The molecule has 1 saturated heterocycles. The van der Waals surface area contributed by atoms with Crippen LogP contribution in [-0.4, -0.2) is 41.1 Å². The minimum atomic E-state index is 0.168. The largest absolute Gasteiger partial charge is 0.474 e. The smallest absolute Gasteiger partial charge is 0.251 e. The first kappa shape index (κ1) is 21.6. The van der Waals surface area contributed by atoms with Gasteiger partial charge in [0, 0.05) is 27.7 Å². The average Bonchev–Trinajstić information content (AvgIpc) is 2.80. The number of halogens is 2. The van der Waals surface area contributed by atoms with E-state index in [4.69, 9.17) is 32.9 Å². The quantitative estimate of drug-likeness (QED) is 0.468. The molecule has 4 rings (SSSR count). The fraction of sp³-hybridized carbons (Fsp3) is 0.292. The molecular weight excluding hydrogens is 431 g/mol. The highest BCUT2D eigenvalue weighted by molar-refractivity contribution is 6.31. The summed E-state index contributed by atoms with van der Waals surface area (Å²) in [5.74, 6) is 0.252. The molecule has 1 fully saturated rings. The first-order chi connectivity index (χ1) is 15.1. The Bertz CT molecular complexity index is 1070. The molecule has 1 aliphatic rings. The molecule has 2 heterocycles. The second-order valence-electron chi connectivity index (χ2n) is 7.45. The topological polar surface area (TPSA) is 62.0 Å². The second kappa shape index (κ2) is 10.1. The van der Waals surface area contributed by atoms with Gasteiger partial charge in [-0.05, 0) is 50.2 Å². The summed E-state index contributed by atoms with van der Waals surface area (Å²) in [4.78, 5) is 11.7. The van der Waals surface area contributed by atoms with E-state index in [1.807, 2.05) is 24.3 Å². The van der Waals surface area contributed by atoms with Crippen molar-refractivity contribution in [3.05, 3.63) is 64.3 Å². The summed E-state index contributed by atoms with van der Waals surface area (Å²) in [6.45, 7) is 3.45. The van der Waals surface area contributed by atoms with E-state index >= 15 is 0 Å². The van der Waals surface area contributed by atoms with Gasteiger partial charge in [-0.25, -0.2) is 9.97 Å². The van der Waals surface area contributed by atoms with Gasteiger partial charge in [-0.2, -0.15) is 5.26 Å². The van der Waals surface area contributed by atoms with Crippen molar-refractivity contribution in [1.29, 1.82) is 5.26 Å². The molecule has 0 saturated carbocycles. The maximum atomic E-state index is 9.70. The minimum absolute atomic E-state index is 0.168. The molecular formula is C24H22Cl2N4O. The van der Waals surface area contributed by atoms with Crippen LogP contribution in [0.1, 0.15) is 25.0 Å². The number of rotatable bonds is 6. The van der Waals surface area contributed by atoms with Crippen molar-refractivity contribution in [1.82, 2.24) is 14.9 Å². The number of hydrogen-bond acceptors (Lipinski definition) is 5. The van der Waals surface area contributed by atoms with Gasteiger partial charge >= 0.3 is 0 Å². The summed E-state index contributed by atoms with van der Waals surface area (Å²) in [7, 11) is 0. The summed E-state index contributed by atoms with van der Waals surface area (Å²) >= 11 is 12.1. The zero-order chi connectivity index (χ0) is 21.6. The highest BCUT2D eigenvalue weighted by Gasteiger charge is 2.18. The number of nitrogens with zero attached hydrogens (tertiary/aromatic N) is 4. The van der Waals surface area contributed by atoms with Gasteiger partial charge in [-0.1, -0.05) is 53.9 Å². The molecule has 31 heavy (non-hydrogen) atoms. The number of piperidine rings is 1. The van der Waals surface area contributed by atoms with Crippen molar-refractivity contribution >= 4 is 23.2 Å². The fourth-order valence-electron chi connectivity index (χ4n) is 3.67. The van der Waals surface area contributed by atoms with E-state index in [0.717, 1.165) is 30.8 Å². The van der Waals surface area contributed by atoms with Crippen LogP contribution in [-0.2, 0) is 0 Å². The SMILES string of the molecule is N#Cc1nc(-c2ccc(Cl)cc2)c(-c2ccc(Cl)cc2)nc1OCCN1CCCCC1. The standard InChI is InChI=1S/C24H22Cl2N4O/c25-19-8-4-17(5-9-19)22-23(18-6-10-20(26)11-7-18)29-24(21(16-27)28-22)31-15-14-30-12-2-1-3-13-30/h4-11H,1-3,12-15H2. The lowest BCUT2D eigenvalue weighted by atomic mass is 10.0. The number of nitriles is 1. The molecule has 5 nitrogen and oxygen atoms in total. The Morgan fingerprint density at radius 1 is 0.839 bits per heavy atom. The molecule has 3 aromatic rings. The molecule has 1 aliphatic heterocycles. The summed E-state index contributed by atoms with van der Waals surface area (Å²) in [6, 6.07) is 16.8. The van der Waals surface area contributed by atoms with Crippen molar-refractivity contribution in [3.8, 4) is 34.5 Å². The number of benzene rings is 2. The molecule has 7 heteroatoms. The molecule has 158 valence electrons. The van der Waals surface area contributed by atoms with E-state index in [-0.39, 0.29) is 11.6 Å². The third-order valence-corrected chi connectivity index (χ3v) is 5.80.